The molecule has 5 heteroatoms. The number of aryl methyl sites for hydroxylation is 1. The highest BCUT2D eigenvalue weighted by molar-refractivity contribution is 9.10. The SMILES string of the molecule is CCCC(O)(CN)c1c(Br)cnn1C. The van der Waals surface area contributed by atoms with E-state index >= 15 is 0 Å². The maximum Gasteiger partial charge on any atom is 0.119 e. The molecule has 1 aromatic rings. The Balaban J connectivity index is 3.11. The Morgan fingerprint density at radius 1 is 1.71 bits per heavy atom. The van der Waals surface area contributed by atoms with Crippen molar-refractivity contribution in [1.29, 1.82) is 0 Å². The maximum absolute atomic E-state index is 10.3. The number of hydrogen-bond donors (Lipinski definition) is 2. The van der Waals surface area contributed by atoms with E-state index in [1.165, 1.54) is 0 Å². The Hall–Kier alpha value is -0.390. The van der Waals surface area contributed by atoms with Crippen LogP contribution >= 0.6 is 15.9 Å². The molecule has 14 heavy (non-hydrogen) atoms. The second-order valence-corrected chi connectivity index (χ2v) is 4.30. The number of hydrogen-bond acceptors (Lipinski definition) is 3. The molecule has 1 rings (SSSR count). The van der Waals surface area contributed by atoms with Crippen LogP contribution < -0.4 is 5.73 Å². The molecule has 0 aromatic carbocycles. The fourth-order valence-electron chi connectivity index (χ4n) is 1.66. The maximum atomic E-state index is 10.3. The van der Waals surface area contributed by atoms with Crippen molar-refractivity contribution in [3.05, 3.63) is 16.4 Å². The van der Waals surface area contributed by atoms with Gasteiger partial charge in [0, 0.05) is 13.6 Å². The van der Waals surface area contributed by atoms with Gasteiger partial charge in [-0.25, -0.2) is 0 Å². The van der Waals surface area contributed by atoms with Crippen LogP contribution in [0.25, 0.3) is 0 Å². The number of nitrogens with zero attached hydrogens (tertiary/aromatic N) is 2. The first-order valence-corrected chi connectivity index (χ1v) is 5.45. The highest BCUT2D eigenvalue weighted by Crippen LogP contribution is 2.30. The molecule has 4 nitrogen and oxygen atoms in total. The first-order chi connectivity index (χ1) is 6.55. The molecule has 0 fully saturated rings. The Kier molecular flexibility index (Phi) is 3.69. The van der Waals surface area contributed by atoms with E-state index in [2.05, 4.69) is 21.0 Å². The largest absolute Gasteiger partial charge is 0.382 e. The van der Waals surface area contributed by atoms with E-state index in [1.54, 1.807) is 17.9 Å². The van der Waals surface area contributed by atoms with Crippen LogP contribution in [0.15, 0.2) is 10.7 Å². The second kappa shape index (κ2) is 4.42. The summed E-state index contributed by atoms with van der Waals surface area (Å²) in [4.78, 5) is 0. The summed E-state index contributed by atoms with van der Waals surface area (Å²) in [6, 6.07) is 0. The van der Waals surface area contributed by atoms with E-state index in [0.29, 0.717) is 6.42 Å². The third-order valence-electron chi connectivity index (χ3n) is 2.34. The van der Waals surface area contributed by atoms with Crippen LogP contribution in [0.4, 0.5) is 0 Å². The zero-order valence-corrected chi connectivity index (χ0v) is 10.1. The fourth-order valence-corrected chi connectivity index (χ4v) is 2.38. The summed E-state index contributed by atoms with van der Waals surface area (Å²) < 4.78 is 2.47. The highest BCUT2D eigenvalue weighted by atomic mass is 79.9. The molecule has 0 radical (unpaired) electrons. The van der Waals surface area contributed by atoms with Crippen LogP contribution in [0, 0.1) is 0 Å². The lowest BCUT2D eigenvalue weighted by Gasteiger charge is -2.26. The van der Waals surface area contributed by atoms with Gasteiger partial charge in [-0.2, -0.15) is 5.10 Å². The summed E-state index contributed by atoms with van der Waals surface area (Å²) in [6.45, 7) is 2.23. The number of aromatic nitrogens is 2. The van der Waals surface area contributed by atoms with Crippen molar-refractivity contribution in [2.24, 2.45) is 12.8 Å². The van der Waals surface area contributed by atoms with Gasteiger partial charge in [0.2, 0.25) is 0 Å². The van der Waals surface area contributed by atoms with Gasteiger partial charge in [0.25, 0.3) is 0 Å². The zero-order chi connectivity index (χ0) is 10.8. The molecule has 0 aliphatic rings. The van der Waals surface area contributed by atoms with Gasteiger partial charge in [0.1, 0.15) is 5.60 Å². The molecule has 0 spiro atoms. The van der Waals surface area contributed by atoms with Gasteiger partial charge in [-0.1, -0.05) is 13.3 Å². The van der Waals surface area contributed by atoms with E-state index in [1.807, 2.05) is 6.92 Å². The standard InChI is InChI=1S/C9H16BrN3O/c1-3-4-9(14,6-11)8-7(10)5-12-13(8)2/h5,14H,3-4,6,11H2,1-2H3. The minimum absolute atomic E-state index is 0.207. The molecule has 1 atom stereocenters. The lowest BCUT2D eigenvalue weighted by atomic mass is 9.94. The molecule has 0 aliphatic heterocycles. The summed E-state index contributed by atoms with van der Waals surface area (Å²) >= 11 is 3.36. The van der Waals surface area contributed by atoms with E-state index in [4.69, 9.17) is 5.73 Å². The average Bonchev–Trinajstić information content (AvgIpc) is 2.47. The minimum atomic E-state index is -0.973. The number of nitrogens with two attached hydrogens (primary N) is 1. The van der Waals surface area contributed by atoms with Gasteiger partial charge in [0.05, 0.1) is 16.4 Å². The van der Waals surface area contributed by atoms with Crippen LogP contribution in [0.1, 0.15) is 25.5 Å². The van der Waals surface area contributed by atoms with Crippen molar-refractivity contribution in [2.75, 3.05) is 6.54 Å². The van der Waals surface area contributed by atoms with Crippen molar-refractivity contribution in [3.8, 4) is 0 Å². The van der Waals surface area contributed by atoms with Crippen LogP contribution in [-0.2, 0) is 12.6 Å². The molecule has 0 bridgehead atoms. The lowest BCUT2D eigenvalue weighted by Crippen LogP contribution is -2.37. The first-order valence-electron chi connectivity index (χ1n) is 4.65. The molecule has 0 saturated heterocycles. The van der Waals surface area contributed by atoms with Crippen LogP contribution in [0.3, 0.4) is 0 Å². The molecule has 1 unspecified atom stereocenters. The number of aliphatic hydroxyl groups is 1. The van der Waals surface area contributed by atoms with Gasteiger partial charge in [-0.05, 0) is 22.4 Å². The van der Waals surface area contributed by atoms with Crippen LogP contribution in [0.2, 0.25) is 0 Å². The lowest BCUT2D eigenvalue weighted by molar-refractivity contribution is 0.0271. The molecular formula is C9H16BrN3O. The van der Waals surface area contributed by atoms with Gasteiger partial charge in [-0.3, -0.25) is 4.68 Å². The number of rotatable bonds is 4. The zero-order valence-electron chi connectivity index (χ0n) is 8.50. The Bertz CT molecular complexity index is 294. The van der Waals surface area contributed by atoms with E-state index < -0.39 is 5.60 Å². The van der Waals surface area contributed by atoms with Crippen LogP contribution in [-0.4, -0.2) is 21.4 Å². The topological polar surface area (TPSA) is 64.1 Å². The van der Waals surface area contributed by atoms with Gasteiger partial charge >= 0.3 is 0 Å². The molecule has 0 saturated carbocycles. The molecule has 0 amide bonds. The second-order valence-electron chi connectivity index (χ2n) is 3.45. The minimum Gasteiger partial charge on any atom is -0.382 e. The third-order valence-corrected chi connectivity index (χ3v) is 2.92. The summed E-state index contributed by atoms with van der Waals surface area (Å²) in [7, 11) is 1.80. The van der Waals surface area contributed by atoms with E-state index in [0.717, 1.165) is 16.6 Å². The molecule has 80 valence electrons. The molecule has 1 aromatic heterocycles. The van der Waals surface area contributed by atoms with Crippen molar-refractivity contribution < 1.29 is 5.11 Å². The van der Waals surface area contributed by atoms with Gasteiger partial charge < -0.3 is 10.8 Å². The monoisotopic (exact) mass is 261 g/mol. The predicted octanol–water partition coefficient (Wildman–Crippen LogP) is 1.13. The summed E-state index contributed by atoms with van der Waals surface area (Å²) in [5, 5.41) is 14.4. The average molecular weight is 262 g/mol. The summed E-state index contributed by atoms with van der Waals surface area (Å²) in [5.74, 6) is 0. The molecule has 0 aliphatic carbocycles. The van der Waals surface area contributed by atoms with Crippen LogP contribution in [0.5, 0.6) is 0 Å². The fraction of sp³-hybridized carbons (Fsp3) is 0.667. The van der Waals surface area contributed by atoms with Crippen molar-refractivity contribution in [2.45, 2.75) is 25.4 Å². The smallest absolute Gasteiger partial charge is 0.119 e. The molecule has 1 heterocycles. The molecule has 3 N–H and O–H groups in total. The Morgan fingerprint density at radius 3 is 2.71 bits per heavy atom. The number of halogens is 1. The van der Waals surface area contributed by atoms with Gasteiger partial charge in [-0.15, -0.1) is 0 Å². The van der Waals surface area contributed by atoms with E-state index in [-0.39, 0.29) is 6.54 Å². The highest BCUT2D eigenvalue weighted by Gasteiger charge is 2.32. The summed E-state index contributed by atoms with van der Waals surface area (Å²) in [6.07, 6.45) is 3.19. The molecular weight excluding hydrogens is 246 g/mol. The summed E-state index contributed by atoms with van der Waals surface area (Å²) in [5.41, 5.74) is 5.39. The quantitative estimate of drug-likeness (QED) is 0.854. The first kappa shape index (κ1) is 11.7. The Labute approximate surface area is 92.2 Å². The predicted molar refractivity (Wildman–Crippen MR) is 58.8 cm³/mol. The van der Waals surface area contributed by atoms with E-state index in [9.17, 15) is 5.11 Å². The Morgan fingerprint density at radius 2 is 2.36 bits per heavy atom. The third kappa shape index (κ3) is 1.99. The van der Waals surface area contributed by atoms with Gasteiger partial charge in [0.15, 0.2) is 0 Å². The van der Waals surface area contributed by atoms with Crippen molar-refractivity contribution in [3.63, 3.8) is 0 Å². The van der Waals surface area contributed by atoms with Crippen molar-refractivity contribution in [1.82, 2.24) is 9.78 Å². The normalized spacial score (nSPS) is 15.5. The van der Waals surface area contributed by atoms with Crippen molar-refractivity contribution >= 4 is 15.9 Å².